The van der Waals surface area contributed by atoms with Crippen LogP contribution >= 0.6 is 15.9 Å². The Balaban J connectivity index is 2.86. The lowest BCUT2D eigenvalue weighted by atomic mass is 10.1. The van der Waals surface area contributed by atoms with E-state index in [1.54, 1.807) is 6.07 Å². The van der Waals surface area contributed by atoms with Crippen molar-refractivity contribution >= 4 is 26.8 Å². The predicted octanol–water partition coefficient (Wildman–Crippen LogP) is 4.02. The summed E-state index contributed by atoms with van der Waals surface area (Å²) in [5, 5.41) is 0.104. The number of rotatable bonds is 0. The maximum Gasteiger partial charge on any atom is 0.417 e. The molecule has 0 saturated heterocycles. The molecule has 0 radical (unpaired) electrons. The molecule has 1 aromatic heterocycles. The van der Waals surface area contributed by atoms with Crippen molar-refractivity contribution in [2.45, 2.75) is 6.18 Å². The second-order valence-electron chi connectivity index (χ2n) is 2.99. The van der Waals surface area contributed by atoms with E-state index in [0.29, 0.717) is 9.99 Å². The molecule has 1 aromatic carbocycles. The summed E-state index contributed by atoms with van der Waals surface area (Å²) in [6.45, 7) is 0. The average molecular weight is 276 g/mol. The Morgan fingerprint density at radius 2 is 1.87 bits per heavy atom. The zero-order valence-electron chi connectivity index (χ0n) is 7.35. The molecule has 5 heteroatoms. The van der Waals surface area contributed by atoms with E-state index in [0.717, 1.165) is 6.07 Å². The molecule has 78 valence electrons. The molecule has 0 aliphatic rings. The van der Waals surface area contributed by atoms with Crippen molar-refractivity contribution in [3.8, 4) is 0 Å². The number of hydrogen-bond acceptors (Lipinski definition) is 1. The van der Waals surface area contributed by atoms with Crippen molar-refractivity contribution in [3.63, 3.8) is 0 Å². The lowest BCUT2D eigenvalue weighted by molar-refractivity contribution is -0.136. The third kappa shape index (κ3) is 1.84. The summed E-state index contributed by atoms with van der Waals surface area (Å²) >= 11 is 3.10. The van der Waals surface area contributed by atoms with Crippen molar-refractivity contribution in [3.05, 3.63) is 40.5 Å². The van der Waals surface area contributed by atoms with Crippen LogP contribution in [0.1, 0.15) is 5.56 Å². The van der Waals surface area contributed by atoms with Crippen LogP contribution in [0.15, 0.2) is 34.9 Å². The highest BCUT2D eigenvalue weighted by molar-refractivity contribution is 9.10. The van der Waals surface area contributed by atoms with E-state index in [2.05, 4.69) is 20.9 Å². The van der Waals surface area contributed by atoms with Gasteiger partial charge in [-0.3, -0.25) is 4.98 Å². The first-order valence-electron chi connectivity index (χ1n) is 4.10. The zero-order valence-corrected chi connectivity index (χ0v) is 8.93. The van der Waals surface area contributed by atoms with Crippen molar-refractivity contribution < 1.29 is 13.2 Å². The summed E-state index contributed by atoms with van der Waals surface area (Å²) in [6, 6.07) is 5.45. The summed E-state index contributed by atoms with van der Waals surface area (Å²) in [7, 11) is 0. The molecule has 0 unspecified atom stereocenters. The topological polar surface area (TPSA) is 12.9 Å². The van der Waals surface area contributed by atoms with E-state index in [1.165, 1.54) is 18.3 Å². The highest BCUT2D eigenvalue weighted by Gasteiger charge is 2.33. The maximum absolute atomic E-state index is 12.6. The molecule has 0 saturated carbocycles. The molecular formula is C10H5BrF3N. The fraction of sp³-hybridized carbons (Fsp3) is 0.100. The fourth-order valence-electron chi connectivity index (χ4n) is 1.40. The Morgan fingerprint density at radius 3 is 2.53 bits per heavy atom. The van der Waals surface area contributed by atoms with Gasteiger partial charge < -0.3 is 0 Å². The molecule has 2 rings (SSSR count). The number of hydrogen-bond donors (Lipinski definition) is 0. The minimum atomic E-state index is -4.36. The van der Waals surface area contributed by atoms with Gasteiger partial charge >= 0.3 is 6.18 Å². The molecule has 0 N–H and O–H groups in total. The third-order valence-electron chi connectivity index (χ3n) is 2.02. The lowest BCUT2D eigenvalue weighted by Crippen LogP contribution is -2.06. The molecule has 0 amide bonds. The normalized spacial score (nSPS) is 12.0. The number of aromatic nitrogens is 1. The first kappa shape index (κ1) is 10.4. The van der Waals surface area contributed by atoms with E-state index in [-0.39, 0.29) is 5.39 Å². The molecule has 0 spiro atoms. The fourth-order valence-corrected chi connectivity index (χ4v) is 1.94. The summed E-state index contributed by atoms with van der Waals surface area (Å²) in [5.41, 5.74) is -0.334. The van der Waals surface area contributed by atoms with Gasteiger partial charge in [0.2, 0.25) is 0 Å². The quantitative estimate of drug-likeness (QED) is 0.708. The Labute approximate surface area is 92.1 Å². The number of halogens is 4. The van der Waals surface area contributed by atoms with Crippen LogP contribution in [0.3, 0.4) is 0 Å². The molecule has 0 aliphatic heterocycles. The Bertz CT molecular complexity index is 502. The van der Waals surface area contributed by atoms with Crippen LogP contribution in [-0.2, 0) is 6.18 Å². The van der Waals surface area contributed by atoms with Gasteiger partial charge in [-0.2, -0.15) is 13.2 Å². The highest BCUT2D eigenvalue weighted by Crippen LogP contribution is 2.37. The van der Waals surface area contributed by atoms with Gasteiger partial charge in [0.05, 0.1) is 11.1 Å². The second kappa shape index (κ2) is 3.48. The Kier molecular flexibility index (Phi) is 2.42. The van der Waals surface area contributed by atoms with Crippen molar-refractivity contribution in [1.29, 1.82) is 0 Å². The standard InChI is InChI=1S/C10H5BrF3N/c11-7-4-5-15-8-3-1-2-6(9(7)8)10(12,13)14/h1-5H. The predicted molar refractivity (Wildman–Crippen MR) is 54.4 cm³/mol. The van der Waals surface area contributed by atoms with Crippen molar-refractivity contribution in [2.24, 2.45) is 0 Å². The summed E-state index contributed by atoms with van der Waals surface area (Å²) in [4.78, 5) is 3.89. The van der Waals surface area contributed by atoms with Gasteiger partial charge in [-0.15, -0.1) is 0 Å². The molecule has 0 fully saturated rings. The van der Waals surface area contributed by atoms with Gasteiger partial charge in [0.15, 0.2) is 0 Å². The third-order valence-corrected chi connectivity index (χ3v) is 2.68. The number of nitrogens with zero attached hydrogens (tertiary/aromatic N) is 1. The number of benzene rings is 1. The van der Waals surface area contributed by atoms with Crippen LogP contribution in [0.4, 0.5) is 13.2 Å². The monoisotopic (exact) mass is 275 g/mol. The van der Waals surface area contributed by atoms with Crippen LogP contribution in [0.2, 0.25) is 0 Å². The summed E-state index contributed by atoms with van der Waals surface area (Å²) in [6.07, 6.45) is -2.89. The lowest BCUT2D eigenvalue weighted by Gasteiger charge is -2.10. The maximum atomic E-state index is 12.6. The van der Waals surface area contributed by atoms with Gasteiger partial charge in [0, 0.05) is 16.1 Å². The van der Waals surface area contributed by atoms with Crippen LogP contribution in [0.5, 0.6) is 0 Å². The van der Waals surface area contributed by atoms with Gasteiger partial charge in [-0.25, -0.2) is 0 Å². The first-order valence-corrected chi connectivity index (χ1v) is 4.90. The Hall–Kier alpha value is -1.10. The summed E-state index contributed by atoms with van der Waals surface area (Å²) in [5.74, 6) is 0. The van der Waals surface area contributed by atoms with E-state index in [1.807, 2.05) is 0 Å². The van der Waals surface area contributed by atoms with Gasteiger partial charge in [0.25, 0.3) is 0 Å². The molecule has 1 heterocycles. The molecular weight excluding hydrogens is 271 g/mol. The van der Waals surface area contributed by atoms with E-state index in [9.17, 15) is 13.2 Å². The van der Waals surface area contributed by atoms with Crippen molar-refractivity contribution in [1.82, 2.24) is 4.98 Å². The van der Waals surface area contributed by atoms with Crippen LogP contribution in [0, 0.1) is 0 Å². The largest absolute Gasteiger partial charge is 0.417 e. The molecule has 0 bridgehead atoms. The van der Waals surface area contributed by atoms with Gasteiger partial charge in [-0.05, 0) is 18.2 Å². The number of alkyl halides is 3. The van der Waals surface area contributed by atoms with Crippen LogP contribution < -0.4 is 0 Å². The molecule has 0 aliphatic carbocycles. The average Bonchev–Trinajstić information content (AvgIpc) is 2.16. The van der Waals surface area contributed by atoms with Gasteiger partial charge in [0.1, 0.15) is 0 Å². The summed E-state index contributed by atoms with van der Waals surface area (Å²) < 4.78 is 38.4. The molecule has 0 atom stereocenters. The molecule has 2 aromatic rings. The van der Waals surface area contributed by atoms with E-state index < -0.39 is 11.7 Å². The van der Waals surface area contributed by atoms with E-state index >= 15 is 0 Å². The van der Waals surface area contributed by atoms with Crippen molar-refractivity contribution in [2.75, 3.05) is 0 Å². The minimum absolute atomic E-state index is 0.104. The second-order valence-corrected chi connectivity index (χ2v) is 3.84. The number of pyridine rings is 1. The zero-order chi connectivity index (χ0) is 11.1. The minimum Gasteiger partial charge on any atom is -0.256 e. The van der Waals surface area contributed by atoms with Crippen LogP contribution in [-0.4, -0.2) is 4.98 Å². The van der Waals surface area contributed by atoms with Crippen LogP contribution in [0.25, 0.3) is 10.9 Å². The highest BCUT2D eigenvalue weighted by atomic mass is 79.9. The number of fused-ring (bicyclic) bond motifs is 1. The molecule has 1 nitrogen and oxygen atoms in total. The SMILES string of the molecule is FC(F)(F)c1cccc2nccc(Br)c12. The Morgan fingerprint density at radius 1 is 1.13 bits per heavy atom. The smallest absolute Gasteiger partial charge is 0.256 e. The van der Waals surface area contributed by atoms with Gasteiger partial charge in [-0.1, -0.05) is 22.0 Å². The van der Waals surface area contributed by atoms with E-state index in [4.69, 9.17) is 0 Å². The molecule has 15 heavy (non-hydrogen) atoms. The first-order chi connectivity index (χ1) is 7.00.